The molecule has 0 aromatic heterocycles. The van der Waals surface area contributed by atoms with E-state index >= 15 is 0 Å². The summed E-state index contributed by atoms with van der Waals surface area (Å²) in [7, 11) is 1.81. The van der Waals surface area contributed by atoms with Crippen LogP contribution in [-0.2, 0) is 17.5 Å². The number of halogens is 3. The molecule has 1 fully saturated rings. The average molecular weight is 343 g/mol. The Hall–Kier alpha value is -1.60. The summed E-state index contributed by atoms with van der Waals surface area (Å²) in [6, 6.07) is 5.37. The fourth-order valence-corrected chi connectivity index (χ4v) is 2.89. The number of alkyl halides is 3. The van der Waals surface area contributed by atoms with Crippen molar-refractivity contribution in [3.05, 3.63) is 35.4 Å². The second kappa shape index (κ2) is 7.98. The fraction of sp³-hybridized carbons (Fsp3) is 0.588. The van der Waals surface area contributed by atoms with Gasteiger partial charge in [0.05, 0.1) is 5.56 Å². The Morgan fingerprint density at radius 3 is 2.58 bits per heavy atom. The molecule has 2 N–H and O–H groups in total. The number of nitrogens with one attached hydrogen (secondary N) is 2. The summed E-state index contributed by atoms with van der Waals surface area (Å²) in [4.78, 5) is 14.2. The Balaban J connectivity index is 1.82. The van der Waals surface area contributed by atoms with Gasteiger partial charge in [-0.25, -0.2) is 0 Å². The van der Waals surface area contributed by atoms with Crippen molar-refractivity contribution in [1.29, 1.82) is 0 Å². The molecular formula is C17H24F3N3O. The van der Waals surface area contributed by atoms with Crippen molar-refractivity contribution in [2.45, 2.75) is 32.1 Å². The van der Waals surface area contributed by atoms with Gasteiger partial charge < -0.3 is 10.6 Å². The third-order valence-electron chi connectivity index (χ3n) is 4.26. The van der Waals surface area contributed by atoms with E-state index in [1.165, 1.54) is 12.1 Å². The predicted molar refractivity (Wildman–Crippen MR) is 86.4 cm³/mol. The molecule has 1 aromatic carbocycles. The third-order valence-corrected chi connectivity index (χ3v) is 4.26. The van der Waals surface area contributed by atoms with E-state index in [9.17, 15) is 18.0 Å². The lowest BCUT2D eigenvalue weighted by Gasteiger charge is -2.19. The first kappa shape index (κ1) is 18.7. The quantitative estimate of drug-likeness (QED) is 0.833. The largest absolute Gasteiger partial charge is 0.416 e. The Bertz CT molecular complexity index is 545. The number of rotatable bonds is 6. The van der Waals surface area contributed by atoms with Gasteiger partial charge in [0.25, 0.3) is 0 Å². The van der Waals surface area contributed by atoms with Crippen LogP contribution in [0.2, 0.25) is 0 Å². The molecule has 2 rings (SSSR count). The van der Waals surface area contributed by atoms with Gasteiger partial charge in [0.15, 0.2) is 0 Å². The zero-order valence-electron chi connectivity index (χ0n) is 14.0. The number of hydrogen-bond acceptors (Lipinski definition) is 3. The van der Waals surface area contributed by atoms with E-state index in [1.807, 2.05) is 14.0 Å². The molecule has 4 nitrogen and oxygen atoms in total. The van der Waals surface area contributed by atoms with Gasteiger partial charge in [0, 0.05) is 38.1 Å². The molecule has 1 amide bonds. The van der Waals surface area contributed by atoms with Gasteiger partial charge in [-0.3, -0.25) is 9.69 Å². The first-order chi connectivity index (χ1) is 11.3. The number of carbonyl (C=O) groups excluding carboxylic acids is 1. The minimum absolute atomic E-state index is 0.0331. The van der Waals surface area contributed by atoms with Crippen LogP contribution in [0.25, 0.3) is 0 Å². The van der Waals surface area contributed by atoms with Crippen LogP contribution < -0.4 is 10.6 Å². The predicted octanol–water partition coefficient (Wildman–Crippen LogP) is 2.25. The maximum Gasteiger partial charge on any atom is 0.416 e. The summed E-state index contributed by atoms with van der Waals surface area (Å²) in [5.74, 6) is -0.0512. The van der Waals surface area contributed by atoms with Crippen LogP contribution in [0.15, 0.2) is 24.3 Å². The summed E-state index contributed by atoms with van der Waals surface area (Å²) >= 11 is 0. The van der Waals surface area contributed by atoms with Crippen LogP contribution in [0.4, 0.5) is 13.2 Å². The molecule has 1 aliphatic rings. The Morgan fingerprint density at radius 2 is 2.00 bits per heavy atom. The Labute approximate surface area is 140 Å². The first-order valence-corrected chi connectivity index (χ1v) is 8.13. The lowest BCUT2D eigenvalue weighted by atomic mass is 10.1. The Kier molecular flexibility index (Phi) is 6.23. The van der Waals surface area contributed by atoms with E-state index in [2.05, 4.69) is 15.5 Å². The molecular weight excluding hydrogens is 319 g/mol. The monoisotopic (exact) mass is 343 g/mol. The smallest absolute Gasteiger partial charge is 0.352 e. The molecule has 1 aliphatic heterocycles. The highest BCUT2D eigenvalue weighted by Crippen LogP contribution is 2.29. The molecule has 1 aromatic rings. The highest BCUT2D eigenvalue weighted by molar-refractivity contribution is 5.78. The molecule has 0 spiro atoms. The number of nitrogens with zero attached hydrogens (tertiary/aromatic N) is 1. The minimum Gasteiger partial charge on any atom is -0.352 e. The highest BCUT2D eigenvalue weighted by Gasteiger charge is 2.30. The molecule has 0 bridgehead atoms. The zero-order valence-corrected chi connectivity index (χ0v) is 14.0. The lowest BCUT2D eigenvalue weighted by molar-refractivity contribution is -0.137. The van der Waals surface area contributed by atoms with Gasteiger partial charge in [0.1, 0.15) is 0 Å². The van der Waals surface area contributed by atoms with Gasteiger partial charge in [-0.1, -0.05) is 19.1 Å². The van der Waals surface area contributed by atoms with E-state index in [-0.39, 0.29) is 17.9 Å². The summed E-state index contributed by atoms with van der Waals surface area (Å²) < 4.78 is 37.7. The molecule has 0 saturated carbocycles. The molecule has 1 saturated heterocycles. The van der Waals surface area contributed by atoms with Crippen molar-refractivity contribution < 1.29 is 18.0 Å². The molecule has 7 heteroatoms. The first-order valence-electron chi connectivity index (χ1n) is 8.13. The van der Waals surface area contributed by atoms with Crippen LogP contribution in [0.3, 0.4) is 0 Å². The Morgan fingerprint density at radius 1 is 1.33 bits per heavy atom. The minimum atomic E-state index is -4.30. The van der Waals surface area contributed by atoms with Gasteiger partial charge in [-0.05, 0) is 31.2 Å². The number of amides is 1. The molecule has 1 heterocycles. The van der Waals surface area contributed by atoms with Crippen molar-refractivity contribution in [1.82, 2.24) is 15.5 Å². The van der Waals surface area contributed by atoms with E-state index in [0.717, 1.165) is 37.2 Å². The van der Waals surface area contributed by atoms with E-state index < -0.39 is 11.7 Å². The number of carbonyl (C=O) groups is 1. The fourth-order valence-electron chi connectivity index (χ4n) is 2.89. The molecule has 24 heavy (non-hydrogen) atoms. The van der Waals surface area contributed by atoms with Crippen molar-refractivity contribution in [3.8, 4) is 0 Å². The van der Waals surface area contributed by atoms with Crippen molar-refractivity contribution in [2.75, 3.05) is 26.7 Å². The lowest BCUT2D eigenvalue weighted by Crippen LogP contribution is -2.42. The summed E-state index contributed by atoms with van der Waals surface area (Å²) in [6.45, 7) is 4.65. The number of benzene rings is 1. The summed E-state index contributed by atoms with van der Waals surface area (Å²) in [6.07, 6.45) is -3.44. The van der Waals surface area contributed by atoms with Crippen LogP contribution in [0.5, 0.6) is 0 Å². The summed E-state index contributed by atoms with van der Waals surface area (Å²) in [5.41, 5.74) is 0.217. The topological polar surface area (TPSA) is 44.4 Å². The SMILES string of the molecule is CNCC(C)C(=O)NC1CCN(Cc2ccc(C(F)(F)F)cc2)C1. The van der Waals surface area contributed by atoms with Gasteiger partial charge in [0.2, 0.25) is 5.91 Å². The molecule has 0 aliphatic carbocycles. The van der Waals surface area contributed by atoms with Gasteiger partial charge >= 0.3 is 6.18 Å². The van der Waals surface area contributed by atoms with E-state index in [1.54, 1.807) is 0 Å². The number of hydrogen-bond donors (Lipinski definition) is 2. The maximum atomic E-state index is 12.6. The standard InChI is InChI=1S/C17H24F3N3O/c1-12(9-21-2)16(24)22-15-7-8-23(11-15)10-13-3-5-14(6-4-13)17(18,19)20/h3-6,12,15,21H,7-11H2,1-2H3,(H,22,24). The maximum absolute atomic E-state index is 12.6. The van der Waals surface area contributed by atoms with Crippen LogP contribution in [0.1, 0.15) is 24.5 Å². The van der Waals surface area contributed by atoms with Crippen LogP contribution >= 0.6 is 0 Å². The summed E-state index contributed by atoms with van der Waals surface area (Å²) in [5, 5.41) is 6.02. The second-order valence-corrected chi connectivity index (χ2v) is 6.38. The van der Waals surface area contributed by atoms with Crippen molar-refractivity contribution in [3.63, 3.8) is 0 Å². The van der Waals surface area contributed by atoms with E-state index in [4.69, 9.17) is 0 Å². The van der Waals surface area contributed by atoms with Crippen molar-refractivity contribution in [2.24, 2.45) is 5.92 Å². The van der Waals surface area contributed by atoms with Crippen LogP contribution in [0, 0.1) is 5.92 Å². The molecule has 0 radical (unpaired) electrons. The zero-order chi connectivity index (χ0) is 17.7. The van der Waals surface area contributed by atoms with Gasteiger partial charge in [-0.15, -0.1) is 0 Å². The normalized spacial score (nSPS) is 20.1. The molecule has 2 unspecified atom stereocenters. The van der Waals surface area contributed by atoms with Gasteiger partial charge in [-0.2, -0.15) is 13.2 Å². The second-order valence-electron chi connectivity index (χ2n) is 6.38. The van der Waals surface area contributed by atoms with Crippen molar-refractivity contribution >= 4 is 5.91 Å². The molecule has 2 atom stereocenters. The molecule has 134 valence electrons. The highest BCUT2D eigenvalue weighted by atomic mass is 19.4. The van der Waals surface area contributed by atoms with E-state index in [0.29, 0.717) is 13.1 Å². The van der Waals surface area contributed by atoms with Crippen LogP contribution in [-0.4, -0.2) is 43.5 Å². The third kappa shape index (κ3) is 5.21. The number of likely N-dealkylation sites (tertiary alicyclic amines) is 1. The average Bonchev–Trinajstić information content (AvgIpc) is 2.94.